The Morgan fingerprint density at radius 3 is 2.50 bits per heavy atom. The summed E-state index contributed by atoms with van der Waals surface area (Å²) in [5.41, 5.74) is 0.370. The van der Waals surface area contributed by atoms with Crippen molar-refractivity contribution < 1.29 is 23.9 Å². The number of hydrogen-bond acceptors (Lipinski definition) is 7. The lowest BCUT2D eigenvalue weighted by molar-refractivity contribution is -0.112. The van der Waals surface area contributed by atoms with E-state index in [0.717, 1.165) is 0 Å². The molecular weight excluding hydrogens is 364 g/mol. The quantitative estimate of drug-likeness (QED) is 0.465. The molecule has 1 heterocycles. The van der Waals surface area contributed by atoms with Crippen LogP contribution in [0.3, 0.4) is 0 Å². The molecule has 2 amide bonds. The molecule has 2 rings (SSSR count). The number of carbonyl (C=O) groups is 3. The van der Waals surface area contributed by atoms with Gasteiger partial charge in [-0.1, -0.05) is 12.1 Å². The van der Waals surface area contributed by atoms with Gasteiger partial charge in [0.2, 0.25) is 0 Å². The number of esters is 1. The summed E-state index contributed by atoms with van der Waals surface area (Å²) < 4.78 is 9.66. The number of para-hydroxylation sites is 1. The van der Waals surface area contributed by atoms with Crippen LogP contribution < -0.4 is 5.32 Å². The molecule has 1 N–H and O–H groups in total. The van der Waals surface area contributed by atoms with E-state index in [1.54, 1.807) is 34.9 Å². The highest BCUT2D eigenvalue weighted by Gasteiger charge is 2.22. The third kappa shape index (κ3) is 5.23. The lowest BCUT2D eigenvalue weighted by Gasteiger charge is -2.33. The summed E-state index contributed by atoms with van der Waals surface area (Å²) in [5, 5.41) is 11.9. The summed E-state index contributed by atoms with van der Waals surface area (Å²) in [7, 11) is 1.32. The molecule has 0 aliphatic carbocycles. The Kier molecular flexibility index (Phi) is 7.39. The number of benzene rings is 1. The predicted molar refractivity (Wildman–Crippen MR) is 100 cm³/mol. The zero-order chi connectivity index (χ0) is 20.5. The van der Waals surface area contributed by atoms with E-state index in [-0.39, 0.29) is 23.4 Å². The fourth-order valence-electron chi connectivity index (χ4n) is 2.65. The Morgan fingerprint density at radius 1 is 1.21 bits per heavy atom. The van der Waals surface area contributed by atoms with Crippen molar-refractivity contribution >= 4 is 23.7 Å². The van der Waals surface area contributed by atoms with Crippen LogP contribution in [0.5, 0.6) is 0 Å². The summed E-state index contributed by atoms with van der Waals surface area (Å²) in [4.78, 5) is 39.4. The summed E-state index contributed by atoms with van der Waals surface area (Å²) in [5.74, 6) is -1.19. The molecule has 0 bridgehead atoms. The maximum absolute atomic E-state index is 12.5. The molecule has 1 aromatic carbocycles. The molecule has 1 aliphatic rings. The number of rotatable bonds is 5. The third-order valence-electron chi connectivity index (χ3n) is 4.09. The zero-order valence-corrected chi connectivity index (χ0v) is 15.8. The Labute approximate surface area is 163 Å². The molecule has 148 valence electrons. The Bertz CT molecular complexity index is 807. The van der Waals surface area contributed by atoms with Gasteiger partial charge in [-0.3, -0.25) is 4.79 Å². The molecule has 1 aliphatic heterocycles. The van der Waals surface area contributed by atoms with Crippen molar-refractivity contribution in [2.45, 2.75) is 6.92 Å². The number of nitrogens with zero attached hydrogens (tertiary/aromatic N) is 3. The molecule has 0 spiro atoms. The highest BCUT2D eigenvalue weighted by atomic mass is 16.5. The first kappa shape index (κ1) is 20.8. The van der Waals surface area contributed by atoms with Crippen LogP contribution in [0.2, 0.25) is 0 Å². The molecule has 0 radical (unpaired) electrons. The standard InChI is InChI=1S/C19H22N4O5/c1-3-28-18(25)15-6-4-5-7-16(15)21-17(24)14(12-20)13-22-8-10-23(11-9-22)19(26)27-2/h4-7,13H,3,8-11H2,1-2H3,(H,21,24)/b14-13-. The van der Waals surface area contributed by atoms with Crippen LogP contribution in [-0.4, -0.2) is 67.7 Å². The number of nitrogens with one attached hydrogen (secondary N) is 1. The number of ether oxygens (including phenoxy) is 2. The average molecular weight is 386 g/mol. The van der Waals surface area contributed by atoms with E-state index in [1.165, 1.54) is 19.4 Å². The lowest BCUT2D eigenvalue weighted by Crippen LogP contribution is -2.47. The van der Waals surface area contributed by atoms with Crippen LogP contribution >= 0.6 is 0 Å². The van der Waals surface area contributed by atoms with Gasteiger partial charge in [-0.2, -0.15) is 5.26 Å². The van der Waals surface area contributed by atoms with Gasteiger partial charge in [0, 0.05) is 32.4 Å². The van der Waals surface area contributed by atoms with E-state index in [2.05, 4.69) is 10.1 Å². The summed E-state index contributed by atoms with van der Waals surface area (Å²) in [6, 6.07) is 8.30. The molecule has 0 atom stereocenters. The van der Waals surface area contributed by atoms with Crippen molar-refractivity contribution in [2.75, 3.05) is 45.2 Å². The van der Waals surface area contributed by atoms with E-state index in [9.17, 15) is 19.6 Å². The fraction of sp³-hybridized carbons (Fsp3) is 0.368. The summed E-state index contributed by atoms with van der Waals surface area (Å²) in [6.45, 7) is 3.68. The van der Waals surface area contributed by atoms with Crippen molar-refractivity contribution in [2.24, 2.45) is 0 Å². The van der Waals surface area contributed by atoms with Crippen molar-refractivity contribution in [3.8, 4) is 6.07 Å². The SMILES string of the molecule is CCOC(=O)c1ccccc1NC(=O)/C(C#N)=C\N1CCN(C(=O)OC)CC1. The Morgan fingerprint density at radius 2 is 1.89 bits per heavy atom. The van der Waals surface area contributed by atoms with Crippen LogP contribution in [0, 0.1) is 11.3 Å². The second-order valence-corrected chi connectivity index (χ2v) is 5.87. The number of nitriles is 1. The second-order valence-electron chi connectivity index (χ2n) is 5.87. The monoisotopic (exact) mass is 386 g/mol. The molecule has 0 saturated carbocycles. The first-order chi connectivity index (χ1) is 13.5. The number of hydrogen-bond donors (Lipinski definition) is 1. The number of carbonyl (C=O) groups excluding carboxylic acids is 3. The molecule has 9 nitrogen and oxygen atoms in total. The maximum Gasteiger partial charge on any atom is 0.409 e. The highest BCUT2D eigenvalue weighted by Crippen LogP contribution is 2.17. The molecule has 0 unspecified atom stereocenters. The van der Waals surface area contributed by atoms with Gasteiger partial charge >= 0.3 is 12.1 Å². The number of amides is 2. The number of methoxy groups -OCH3 is 1. The molecule has 1 aromatic rings. The zero-order valence-electron chi connectivity index (χ0n) is 15.8. The molecule has 0 aromatic heterocycles. The van der Waals surface area contributed by atoms with Gasteiger partial charge in [-0.25, -0.2) is 9.59 Å². The van der Waals surface area contributed by atoms with Crippen LogP contribution in [0.1, 0.15) is 17.3 Å². The van der Waals surface area contributed by atoms with E-state index in [4.69, 9.17) is 4.74 Å². The van der Waals surface area contributed by atoms with Crippen molar-refractivity contribution in [1.29, 1.82) is 5.26 Å². The topological polar surface area (TPSA) is 112 Å². The first-order valence-electron chi connectivity index (χ1n) is 8.76. The summed E-state index contributed by atoms with van der Waals surface area (Å²) >= 11 is 0. The molecular formula is C19H22N4O5. The van der Waals surface area contributed by atoms with E-state index in [0.29, 0.717) is 26.2 Å². The maximum atomic E-state index is 12.5. The van der Waals surface area contributed by atoms with Crippen molar-refractivity contribution in [3.05, 3.63) is 41.6 Å². The lowest BCUT2D eigenvalue weighted by atomic mass is 10.1. The van der Waals surface area contributed by atoms with Gasteiger partial charge in [0.1, 0.15) is 11.6 Å². The van der Waals surface area contributed by atoms with Gasteiger partial charge in [0.15, 0.2) is 0 Å². The molecule has 28 heavy (non-hydrogen) atoms. The Hall–Kier alpha value is -3.54. The van der Waals surface area contributed by atoms with E-state index >= 15 is 0 Å². The summed E-state index contributed by atoms with van der Waals surface area (Å²) in [6.07, 6.45) is 1.05. The van der Waals surface area contributed by atoms with E-state index in [1.807, 2.05) is 6.07 Å². The largest absolute Gasteiger partial charge is 0.462 e. The highest BCUT2D eigenvalue weighted by molar-refractivity contribution is 6.09. The minimum atomic E-state index is -0.630. The van der Waals surface area contributed by atoms with Crippen molar-refractivity contribution in [1.82, 2.24) is 9.80 Å². The molecule has 1 saturated heterocycles. The van der Waals surface area contributed by atoms with Crippen LogP contribution in [0.15, 0.2) is 36.0 Å². The predicted octanol–water partition coefficient (Wildman–Crippen LogP) is 1.59. The molecule has 1 fully saturated rings. The first-order valence-corrected chi connectivity index (χ1v) is 8.76. The third-order valence-corrected chi connectivity index (χ3v) is 4.09. The number of anilines is 1. The van der Waals surface area contributed by atoms with Gasteiger partial charge in [-0.05, 0) is 19.1 Å². The van der Waals surface area contributed by atoms with Gasteiger partial charge in [0.25, 0.3) is 5.91 Å². The van der Waals surface area contributed by atoms with Crippen LogP contribution in [0.25, 0.3) is 0 Å². The smallest absolute Gasteiger partial charge is 0.409 e. The van der Waals surface area contributed by atoms with Crippen molar-refractivity contribution in [3.63, 3.8) is 0 Å². The average Bonchev–Trinajstić information content (AvgIpc) is 2.72. The fourth-order valence-corrected chi connectivity index (χ4v) is 2.65. The minimum Gasteiger partial charge on any atom is -0.462 e. The molecule has 9 heteroatoms. The number of piperazine rings is 1. The van der Waals surface area contributed by atoms with Gasteiger partial charge in [0.05, 0.1) is 25.0 Å². The van der Waals surface area contributed by atoms with Crippen LogP contribution in [0.4, 0.5) is 10.5 Å². The minimum absolute atomic E-state index is 0.106. The van der Waals surface area contributed by atoms with Gasteiger partial charge in [-0.15, -0.1) is 0 Å². The normalized spacial score (nSPS) is 14.1. The van der Waals surface area contributed by atoms with Crippen LogP contribution in [-0.2, 0) is 14.3 Å². The van der Waals surface area contributed by atoms with Gasteiger partial charge < -0.3 is 24.6 Å². The second kappa shape index (κ2) is 9.97. The Balaban J connectivity index is 2.07. The van der Waals surface area contributed by atoms with E-state index < -0.39 is 18.0 Å².